The molecule has 0 spiro atoms. The zero-order valence-electron chi connectivity index (χ0n) is 14.5. The first-order valence-corrected chi connectivity index (χ1v) is 8.82. The first-order valence-electron chi connectivity index (χ1n) is 8.82. The van der Waals surface area contributed by atoms with Gasteiger partial charge in [0.05, 0.1) is 11.2 Å². The lowest BCUT2D eigenvalue weighted by Crippen LogP contribution is -2.17. The molecule has 4 aromatic rings. The molecule has 1 aliphatic rings. The molecule has 2 aromatic heterocycles. The summed E-state index contributed by atoms with van der Waals surface area (Å²) in [7, 11) is 0. The van der Waals surface area contributed by atoms with Crippen LogP contribution in [0.25, 0.3) is 22.3 Å². The van der Waals surface area contributed by atoms with Gasteiger partial charge in [0, 0.05) is 41.6 Å². The van der Waals surface area contributed by atoms with E-state index >= 15 is 0 Å². The summed E-state index contributed by atoms with van der Waals surface area (Å²) < 4.78 is 5.74. The third-order valence-electron chi connectivity index (χ3n) is 4.46. The summed E-state index contributed by atoms with van der Waals surface area (Å²) in [5, 5.41) is 7.73. The lowest BCUT2D eigenvalue weighted by atomic mass is 10.2. The van der Waals surface area contributed by atoms with E-state index in [-0.39, 0.29) is 0 Å². The zero-order valence-corrected chi connectivity index (χ0v) is 14.5. The monoisotopic (exact) mass is 355 g/mol. The van der Waals surface area contributed by atoms with Gasteiger partial charge in [0.25, 0.3) is 0 Å². The number of nitrogens with one attached hydrogen (secondary N) is 2. The van der Waals surface area contributed by atoms with Crippen LogP contribution in [-0.2, 0) is 0 Å². The van der Waals surface area contributed by atoms with Crippen LogP contribution in [0.2, 0.25) is 0 Å². The highest BCUT2D eigenvalue weighted by molar-refractivity contribution is 5.92. The molecule has 0 fully saturated rings. The van der Waals surface area contributed by atoms with Crippen molar-refractivity contribution in [2.24, 2.45) is 0 Å². The minimum atomic E-state index is 0.662. The Labute approximate surface area is 156 Å². The molecule has 0 amide bonds. The van der Waals surface area contributed by atoms with Gasteiger partial charge in [-0.15, -0.1) is 0 Å². The minimum Gasteiger partial charge on any atom is -0.490 e. The van der Waals surface area contributed by atoms with Crippen molar-refractivity contribution in [3.8, 4) is 17.1 Å². The number of ether oxygens (including phenoxy) is 1. The highest BCUT2D eigenvalue weighted by atomic mass is 16.5. The fraction of sp³-hybridized carbons (Fsp3) is 0.0952. The van der Waals surface area contributed by atoms with Crippen LogP contribution in [0.15, 0.2) is 67.0 Å². The van der Waals surface area contributed by atoms with Gasteiger partial charge in [-0.1, -0.05) is 12.1 Å². The maximum atomic E-state index is 5.74. The van der Waals surface area contributed by atoms with Crippen molar-refractivity contribution in [1.29, 1.82) is 0 Å². The largest absolute Gasteiger partial charge is 0.490 e. The molecule has 6 nitrogen and oxygen atoms in total. The average molecular weight is 355 g/mol. The molecule has 2 N–H and O–H groups in total. The van der Waals surface area contributed by atoms with E-state index in [1.807, 2.05) is 54.6 Å². The van der Waals surface area contributed by atoms with Gasteiger partial charge in [-0.05, 0) is 36.4 Å². The predicted molar refractivity (Wildman–Crippen MR) is 106 cm³/mol. The second kappa shape index (κ2) is 6.57. The smallest absolute Gasteiger partial charge is 0.162 e. The third-order valence-corrected chi connectivity index (χ3v) is 4.46. The van der Waals surface area contributed by atoms with Gasteiger partial charge in [0.1, 0.15) is 18.2 Å². The summed E-state index contributed by atoms with van der Waals surface area (Å²) in [5.41, 5.74) is 3.74. The predicted octanol–water partition coefficient (Wildman–Crippen LogP) is 4.24. The van der Waals surface area contributed by atoms with Gasteiger partial charge in [0.2, 0.25) is 0 Å². The van der Waals surface area contributed by atoms with Crippen LogP contribution in [0.3, 0.4) is 0 Å². The first-order chi connectivity index (χ1) is 13.4. The molecular formula is C21H17N5O. The molecule has 2 aromatic carbocycles. The van der Waals surface area contributed by atoms with E-state index in [9.17, 15) is 0 Å². The van der Waals surface area contributed by atoms with Crippen LogP contribution in [-0.4, -0.2) is 28.1 Å². The number of hydrogen-bond donors (Lipinski definition) is 2. The summed E-state index contributed by atoms with van der Waals surface area (Å²) >= 11 is 0. The Hall–Kier alpha value is -3.67. The normalized spacial score (nSPS) is 12.7. The molecule has 0 atom stereocenters. The summed E-state index contributed by atoms with van der Waals surface area (Å²) in [5.74, 6) is 2.27. The Morgan fingerprint density at radius 2 is 1.85 bits per heavy atom. The van der Waals surface area contributed by atoms with Gasteiger partial charge in [-0.25, -0.2) is 9.97 Å². The highest BCUT2D eigenvalue weighted by Gasteiger charge is 2.13. The van der Waals surface area contributed by atoms with Gasteiger partial charge in [0.15, 0.2) is 5.82 Å². The second-order valence-corrected chi connectivity index (χ2v) is 6.26. The number of anilines is 3. The van der Waals surface area contributed by atoms with Crippen LogP contribution < -0.4 is 15.4 Å². The number of aromatic nitrogens is 3. The number of hydrogen-bond acceptors (Lipinski definition) is 6. The van der Waals surface area contributed by atoms with Gasteiger partial charge < -0.3 is 15.4 Å². The Balaban J connectivity index is 1.59. The second-order valence-electron chi connectivity index (χ2n) is 6.26. The van der Waals surface area contributed by atoms with Crippen LogP contribution in [0, 0.1) is 0 Å². The quantitative estimate of drug-likeness (QED) is 0.573. The SMILES string of the molecule is c1ccc2c(Nc3ccc4c(c3)OCCN4)nc(-c3ccncc3)nc2c1. The molecule has 3 heterocycles. The van der Waals surface area contributed by atoms with E-state index < -0.39 is 0 Å². The van der Waals surface area contributed by atoms with Crippen molar-refractivity contribution >= 4 is 28.1 Å². The number of pyridine rings is 1. The topological polar surface area (TPSA) is 72.0 Å². The summed E-state index contributed by atoms with van der Waals surface area (Å²) in [6.07, 6.45) is 3.49. The van der Waals surface area contributed by atoms with Crippen molar-refractivity contribution in [2.45, 2.75) is 0 Å². The van der Waals surface area contributed by atoms with E-state index in [1.165, 1.54) is 0 Å². The number of fused-ring (bicyclic) bond motifs is 2. The molecule has 0 saturated carbocycles. The number of rotatable bonds is 3. The maximum Gasteiger partial charge on any atom is 0.162 e. The number of nitrogens with zero attached hydrogens (tertiary/aromatic N) is 3. The molecule has 0 bridgehead atoms. The molecule has 1 aliphatic heterocycles. The molecule has 0 radical (unpaired) electrons. The van der Waals surface area contributed by atoms with E-state index in [2.05, 4.69) is 15.6 Å². The van der Waals surface area contributed by atoms with Gasteiger partial charge in [-0.2, -0.15) is 0 Å². The summed E-state index contributed by atoms with van der Waals surface area (Å²) in [4.78, 5) is 13.5. The third kappa shape index (κ3) is 3.01. The van der Waals surface area contributed by atoms with Crippen molar-refractivity contribution in [3.05, 3.63) is 67.0 Å². The highest BCUT2D eigenvalue weighted by Crippen LogP contribution is 2.33. The Bertz CT molecular complexity index is 1110. The van der Waals surface area contributed by atoms with Crippen molar-refractivity contribution in [2.75, 3.05) is 23.8 Å². The first kappa shape index (κ1) is 15.6. The number of para-hydroxylation sites is 1. The lowest BCUT2D eigenvalue weighted by Gasteiger charge is -2.20. The maximum absolute atomic E-state index is 5.74. The number of benzene rings is 2. The van der Waals surface area contributed by atoms with Crippen LogP contribution in [0.1, 0.15) is 0 Å². The standard InChI is InChI=1S/C21H17N5O/c1-2-4-17-16(3-1)21(26-20(25-17)14-7-9-22-10-8-14)24-15-5-6-18-19(13-15)27-12-11-23-18/h1-10,13,23H,11-12H2,(H,24,25,26). The van der Waals surface area contributed by atoms with Crippen LogP contribution in [0.5, 0.6) is 5.75 Å². The van der Waals surface area contributed by atoms with Crippen molar-refractivity contribution in [1.82, 2.24) is 15.0 Å². The molecule has 27 heavy (non-hydrogen) atoms. The van der Waals surface area contributed by atoms with E-state index in [4.69, 9.17) is 14.7 Å². The Morgan fingerprint density at radius 1 is 0.963 bits per heavy atom. The molecular weight excluding hydrogens is 338 g/mol. The van der Waals surface area contributed by atoms with Gasteiger partial charge in [-0.3, -0.25) is 4.98 Å². The fourth-order valence-electron chi connectivity index (χ4n) is 3.15. The van der Waals surface area contributed by atoms with Crippen LogP contribution >= 0.6 is 0 Å². The molecule has 0 saturated heterocycles. The molecule has 132 valence electrons. The Kier molecular flexibility index (Phi) is 3.79. The van der Waals surface area contributed by atoms with E-state index in [0.717, 1.165) is 46.0 Å². The average Bonchev–Trinajstić information content (AvgIpc) is 2.74. The summed E-state index contributed by atoms with van der Waals surface area (Å²) in [6.45, 7) is 1.49. The Morgan fingerprint density at radius 3 is 2.78 bits per heavy atom. The van der Waals surface area contributed by atoms with E-state index in [1.54, 1.807) is 12.4 Å². The molecule has 5 rings (SSSR count). The van der Waals surface area contributed by atoms with Crippen molar-refractivity contribution < 1.29 is 4.74 Å². The van der Waals surface area contributed by atoms with Crippen molar-refractivity contribution in [3.63, 3.8) is 0 Å². The fourth-order valence-corrected chi connectivity index (χ4v) is 3.15. The summed E-state index contributed by atoms with van der Waals surface area (Å²) in [6, 6.07) is 17.8. The van der Waals surface area contributed by atoms with Crippen LogP contribution in [0.4, 0.5) is 17.2 Å². The van der Waals surface area contributed by atoms with Gasteiger partial charge >= 0.3 is 0 Å². The molecule has 0 aliphatic carbocycles. The molecule has 6 heteroatoms. The zero-order chi connectivity index (χ0) is 18.1. The van der Waals surface area contributed by atoms with E-state index in [0.29, 0.717) is 12.4 Å². The minimum absolute atomic E-state index is 0.662. The molecule has 0 unspecified atom stereocenters. The lowest BCUT2D eigenvalue weighted by molar-refractivity contribution is 0.323.